The molecule has 0 aliphatic carbocycles. The maximum atomic E-state index is 9.55. The summed E-state index contributed by atoms with van der Waals surface area (Å²) in [5.41, 5.74) is 3.23. The summed E-state index contributed by atoms with van der Waals surface area (Å²) in [5.74, 6) is 0.687. The molecule has 2 heterocycles. The van der Waals surface area contributed by atoms with Crippen LogP contribution in [0.2, 0.25) is 0 Å². The van der Waals surface area contributed by atoms with Crippen molar-refractivity contribution in [3.8, 4) is 28.5 Å². The van der Waals surface area contributed by atoms with E-state index in [0.29, 0.717) is 16.3 Å². The Hall–Kier alpha value is -3.52. The summed E-state index contributed by atoms with van der Waals surface area (Å²) in [6.45, 7) is 0. The van der Waals surface area contributed by atoms with E-state index in [-0.39, 0.29) is 5.75 Å². The van der Waals surface area contributed by atoms with Crippen molar-refractivity contribution in [2.75, 3.05) is 0 Å². The Labute approximate surface area is 153 Å². The van der Waals surface area contributed by atoms with Crippen LogP contribution in [-0.4, -0.2) is 36.4 Å². The summed E-state index contributed by atoms with van der Waals surface area (Å²) in [5, 5.41) is 28.2. The average Bonchev–Trinajstić information content (AvgIpc) is 3.28. The normalized spacial score (nSPS) is 11.2. The van der Waals surface area contributed by atoms with Crippen LogP contribution in [0.25, 0.3) is 22.8 Å². The van der Waals surface area contributed by atoms with E-state index < -0.39 is 0 Å². The molecular weight excluding hydrogens is 348 g/mol. The highest BCUT2D eigenvalue weighted by Gasteiger charge is 2.12. The van der Waals surface area contributed by atoms with Gasteiger partial charge in [-0.15, -0.1) is 0 Å². The van der Waals surface area contributed by atoms with Gasteiger partial charge in [0.1, 0.15) is 11.4 Å². The van der Waals surface area contributed by atoms with Crippen LogP contribution in [-0.2, 0) is 0 Å². The maximum absolute atomic E-state index is 9.55. The molecule has 0 radical (unpaired) electrons. The summed E-state index contributed by atoms with van der Waals surface area (Å²) >= 11 is 5.26. The molecule has 0 atom stereocenters. The molecule has 0 spiro atoms. The van der Waals surface area contributed by atoms with Crippen molar-refractivity contribution < 1.29 is 5.11 Å². The molecule has 0 saturated carbocycles. The van der Waals surface area contributed by atoms with Crippen molar-refractivity contribution in [3.63, 3.8) is 0 Å². The summed E-state index contributed by atoms with van der Waals surface area (Å²) in [4.78, 5) is 0. The van der Waals surface area contributed by atoms with E-state index in [1.54, 1.807) is 24.4 Å². The first-order valence-corrected chi connectivity index (χ1v) is 8.23. The number of H-pyrrole nitrogens is 2. The fraction of sp³-hybridized carbons (Fsp3) is 0. The number of rotatable bonds is 4. The predicted octanol–water partition coefficient (Wildman–Crippen LogP) is 3.59. The van der Waals surface area contributed by atoms with Gasteiger partial charge in [-0.25, -0.2) is 5.10 Å². The van der Waals surface area contributed by atoms with Gasteiger partial charge < -0.3 is 5.11 Å². The number of hydrogen-bond donors (Lipinski definition) is 3. The van der Waals surface area contributed by atoms with Crippen molar-refractivity contribution in [3.05, 3.63) is 71.0 Å². The molecule has 8 heteroatoms. The molecule has 0 aliphatic rings. The SMILES string of the molecule is Oc1cccc(C=Nn2c(-c3cc(-c4ccccc4)n[nH]3)n[nH]c2=S)c1. The zero-order valence-electron chi connectivity index (χ0n) is 13.5. The van der Waals surface area contributed by atoms with Crippen LogP contribution < -0.4 is 0 Å². The van der Waals surface area contributed by atoms with Crippen LogP contribution in [0.4, 0.5) is 0 Å². The summed E-state index contributed by atoms with van der Waals surface area (Å²) in [6, 6.07) is 18.5. The quantitative estimate of drug-likeness (QED) is 0.382. The first-order valence-electron chi connectivity index (χ1n) is 7.83. The Morgan fingerprint density at radius 2 is 1.85 bits per heavy atom. The fourth-order valence-electron chi connectivity index (χ4n) is 2.50. The van der Waals surface area contributed by atoms with Crippen LogP contribution in [0, 0.1) is 4.77 Å². The molecule has 0 bridgehead atoms. The molecule has 4 rings (SSSR count). The summed E-state index contributed by atoms with van der Waals surface area (Å²) in [6.07, 6.45) is 1.60. The van der Waals surface area contributed by atoms with Crippen molar-refractivity contribution in [1.82, 2.24) is 25.1 Å². The number of phenols is 1. The third-order valence-corrected chi connectivity index (χ3v) is 4.00. The van der Waals surface area contributed by atoms with Crippen molar-refractivity contribution >= 4 is 18.4 Å². The Balaban J connectivity index is 1.69. The van der Waals surface area contributed by atoms with E-state index in [0.717, 1.165) is 16.8 Å². The number of benzene rings is 2. The van der Waals surface area contributed by atoms with Crippen LogP contribution in [0.15, 0.2) is 65.8 Å². The topological polar surface area (TPSA) is 94.9 Å². The molecule has 0 aliphatic heterocycles. The minimum absolute atomic E-state index is 0.172. The molecule has 2 aromatic heterocycles. The van der Waals surface area contributed by atoms with Crippen molar-refractivity contribution in [1.29, 1.82) is 0 Å². The highest BCUT2D eigenvalue weighted by Crippen LogP contribution is 2.22. The van der Waals surface area contributed by atoms with Gasteiger partial charge in [-0.05, 0) is 36.0 Å². The van der Waals surface area contributed by atoms with E-state index in [4.69, 9.17) is 12.2 Å². The van der Waals surface area contributed by atoms with Gasteiger partial charge in [-0.1, -0.05) is 42.5 Å². The average molecular weight is 362 g/mol. The zero-order chi connectivity index (χ0) is 17.9. The molecule has 4 aromatic rings. The van der Waals surface area contributed by atoms with Gasteiger partial charge in [0.05, 0.1) is 11.9 Å². The molecule has 2 aromatic carbocycles. The van der Waals surface area contributed by atoms with Gasteiger partial charge in [-0.3, -0.25) is 5.10 Å². The largest absolute Gasteiger partial charge is 0.508 e. The molecule has 0 saturated heterocycles. The summed E-state index contributed by atoms with van der Waals surface area (Å²) < 4.78 is 1.86. The Kier molecular flexibility index (Phi) is 4.16. The summed E-state index contributed by atoms with van der Waals surface area (Å²) in [7, 11) is 0. The standard InChI is InChI=1S/C18H14N6OS/c25-14-8-4-5-12(9-14)11-19-24-17(22-23-18(24)26)16-10-15(20-21-16)13-6-2-1-3-7-13/h1-11,25H,(H,20,21)(H,23,26). The Morgan fingerprint density at radius 1 is 1.00 bits per heavy atom. The van der Waals surface area contributed by atoms with Crippen LogP contribution in [0.3, 0.4) is 0 Å². The lowest BCUT2D eigenvalue weighted by atomic mass is 10.1. The van der Waals surface area contributed by atoms with Gasteiger partial charge in [0.25, 0.3) is 0 Å². The smallest absolute Gasteiger partial charge is 0.216 e. The zero-order valence-corrected chi connectivity index (χ0v) is 14.3. The minimum Gasteiger partial charge on any atom is -0.508 e. The maximum Gasteiger partial charge on any atom is 0.216 e. The van der Waals surface area contributed by atoms with E-state index in [2.05, 4.69) is 25.5 Å². The van der Waals surface area contributed by atoms with Crippen LogP contribution >= 0.6 is 12.2 Å². The lowest BCUT2D eigenvalue weighted by Crippen LogP contribution is -1.95. The second-order valence-corrected chi connectivity index (χ2v) is 5.92. The lowest BCUT2D eigenvalue weighted by molar-refractivity contribution is 0.475. The molecule has 0 fully saturated rings. The Morgan fingerprint density at radius 3 is 2.65 bits per heavy atom. The third kappa shape index (κ3) is 3.17. The molecular formula is C18H14N6OS. The lowest BCUT2D eigenvalue weighted by Gasteiger charge is -1.98. The van der Waals surface area contributed by atoms with Crippen LogP contribution in [0.1, 0.15) is 5.56 Å². The number of nitrogens with one attached hydrogen (secondary N) is 2. The van der Waals surface area contributed by atoms with Gasteiger partial charge in [0.15, 0.2) is 0 Å². The molecule has 26 heavy (non-hydrogen) atoms. The van der Waals surface area contributed by atoms with Crippen LogP contribution in [0.5, 0.6) is 5.75 Å². The molecule has 3 N–H and O–H groups in total. The van der Waals surface area contributed by atoms with Crippen molar-refractivity contribution in [2.24, 2.45) is 5.10 Å². The van der Waals surface area contributed by atoms with Gasteiger partial charge in [0.2, 0.25) is 10.6 Å². The Bertz CT molecular complexity index is 1130. The van der Waals surface area contributed by atoms with E-state index in [1.807, 2.05) is 42.5 Å². The number of nitrogens with zero attached hydrogens (tertiary/aromatic N) is 4. The monoisotopic (exact) mass is 362 g/mol. The molecule has 0 amide bonds. The van der Waals surface area contributed by atoms with Gasteiger partial charge >= 0.3 is 0 Å². The first-order chi connectivity index (χ1) is 12.7. The highest BCUT2D eigenvalue weighted by molar-refractivity contribution is 7.71. The van der Waals surface area contributed by atoms with Gasteiger partial charge in [0, 0.05) is 5.56 Å². The molecule has 7 nitrogen and oxygen atoms in total. The number of aromatic hydroxyl groups is 1. The molecule has 0 unspecified atom stereocenters. The highest BCUT2D eigenvalue weighted by atomic mass is 32.1. The fourth-order valence-corrected chi connectivity index (χ4v) is 2.67. The third-order valence-electron chi connectivity index (χ3n) is 3.73. The van der Waals surface area contributed by atoms with Gasteiger partial charge in [-0.2, -0.15) is 20.0 Å². The van der Waals surface area contributed by atoms with E-state index in [9.17, 15) is 5.11 Å². The van der Waals surface area contributed by atoms with Crippen molar-refractivity contribution in [2.45, 2.75) is 0 Å². The number of aromatic amines is 2. The first kappa shape index (κ1) is 16.0. The second kappa shape index (κ2) is 6.77. The van der Waals surface area contributed by atoms with E-state index >= 15 is 0 Å². The van der Waals surface area contributed by atoms with E-state index in [1.165, 1.54) is 4.68 Å². The predicted molar refractivity (Wildman–Crippen MR) is 102 cm³/mol. The number of aromatic nitrogens is 5. The molecule has 128 valence electrons. The minimum atomic E-state index is 0.172. The number of hydrogen-bond acceptors (Lipinski definition) is 5. The number of phenolic OH excluding ortho intramolecular Hbond substituents is 1. The second-order valence-electron chi connectivity index (χ2n) is 5.54.